The van der Waals surface area contributed by atoms with Crippen molar-refractivity contribution < 1.29 is 5.11 Å². The van der Waals surface area contributed by atoms with E-state index in [0.717, 1.165) is 24.5 Å². The van der Waals surface area contributed by atoms with Crippen LogP contribution in [0.3, 0.4) is 0 Å². The predicted octanol–water partition coefficient (Wildman–Crippen LogP) is 1.81. The van der Waals surface area contributed by atoms with Gasteiger partial charge in [0.2, 0.25) is 0 Å². The fourth-order valence-corrected chi connectivity index (χ4v) is 2.31. The molecule has 15 heavy (non-hydrogen) atoms. The molecule has 1 aliphatic heterocycles. The van der Waals surface area contributed by atoms with Gasteiger partial charge < -0.3 is 10.0 Å². The van der Waals surface area contributed by atoms with E-state index in [1.54, 1.807) is 0 Å². The topological polar surface area (TPSA) is 23.5 Å². The zero-order chi connectivity index (χ0) is 10.8. The Labute approximate surface area is 95.5 Å². The molecule has 3 heteroatoms. The summed E-state index contributed by atoms with van der Waals surface area (Å²) in [4.78, 5) is 2.17. The summed E-state index contributed by atoms with van der Waals surface area (Å²) < 4.78 is 0. The van der Waals surface area contributed by atoms with Crippen LogP contribution in [-0.4, -0.2) is 36.2 Å². The first-order valence-electron chi connectivity index (χ1n) is 5.26. The molecule has 0 spiro atoms. The van der Waals surface area contributed by atoms with Gasteiger partial charge in [0.15, 0.2) is 0 Å². The van der Waals surface area contributed by atoms with E-state index in [9.17, 15) is 5.11 Å². The Balaban J connectivity index is 2.00. The highest BCUT2D eigenvalue weighted by Gasteiger charge is 2.28. The standard InChI is InChI=1S/C12H16ClNO/c1-14-7-10(12(15)8-14)6-9-2-4-11(13)5-3-9/h2-5,10,12,15H,6-8H2,1H3/t10-,12-/m0/s1. The lowest BCUT2D eigenvalue weighted by Gasteiger charge is -2.13. The number of hydrogen-bond acceptors (Lipinski definition) is 2. The molecule has 0 aromatic heterocycles. The zero-order valence-electron chi connectivity index (χ0n) is 8.86. The van der Waals surface area contributed by atoms with Crippen LogP contribution < -0.4 is 0 Å². The molecule has 0 saturated carbocycles. The highest BCUT2D eigenvalue weighted by atomic mass is 35.5. The van der Waals surface area contributed by atoms with Gasteiger partial charge in [-0.2, -0.15) is 0 Å². The molecule has 2 nitrogen and oxygen atoms in total. The van der Waals surface area contributed by atoms with Gasteiger partial charge in [-0.05, 0) is 31.2 Å². The van der Waals surface area contributed by atoms with E-state index in [4.69, 9.17) is 11.6 Å². The van der Waals surface area contributed by atoms with E-state index in [-0.39, 0.29) is 6.10 Å². The van der Waals surface area contributed by atoms with Crippen molar-refractivity contribution in [2.24, 2.45) is 5.92 Å². The minimum Gasteiger partial charge on any atom is -0.391 e. The average molecular weight is 226 g/mol. The van der Waals surface area contributed by atoms with Crippen LogP contribution in [0.15, 0.2) is 24.3 Å². The number of aliphatic hydroxyl groups is 1. The van der Waals surface area contributed by atoms with Gasteiger partial charge in [-0.25, -0.2) is 0 Å². The number of aliphatic hydroxyl groups excluding tert-OH is 1. The molecule has 0 aliphatic carbocycles. The minimum absolute atomic E-state index is 0.189. The third-order valence-electron chi connectivity index (χ3n) is 3.00. The normalized spacial score (nSPS) is 27.1. The SMILES string of the molecule is CN1C[C@H](Cc2ccc(Cl)cc2)[C@@H](O)C1. The molecule has 1 N–H and O–H groups in total. The minimum atomic E-state index is -0.189. The van der Waals surface area contributed by atoms with Gasteiger partial charge in [0, 0.05) is 24.0 Å². The number of hydrogen-bond donors (Lipinski definition) is 1. The molecule has 82 valence electrons. The van der Waals surface area contributed by atoms with Crippen LogP contribution in [0.2, 0.25) is 5.02 Å². The first kappa shape index (κ1) is 10.9. The zero-order valence-corrected chi connectivity index (χ0v) is 9.61. The van der Waals surface area contributed by atoms with E-state index >= 15 is 0 Å². The van der Waals surface area contributed by atoms with E-state index < -0.39 is 0 Å². The summed E-state index contributed by atoms with van der Waals surface area (Å²) in [6.07, 6.45) is 0.744. The molecule has 1 heterocycles. The Hall–Kier alpha value is -0.570. The molecule has 0 unspecified atom stereocenters. The summed E-state index contributed by atoms with van der Waals surface area (Å²) >= 11 is 5.82. The first-order valence-corrected chi connectivity index (χ1v) is 5.64. The van der Waals surface area contributed by atoms with E-state index in [2.05, 4.69) is 4.90 Å². The maximum Gasteiger partial charge on any atom is 0.0710 e. The third-order valence-corrected chi connectivity index (χ3v) is 3.25. The fourth-order valence-electron chi connectivity index (χ4n) is 2.19. The third kappa shape index (κ3) is 2.71. The molecule has 1 saturated heterocycles. The molecule has 0 radical (unpaired) electrons. The van der Waals surface area contributed by atoms with Crippen molar-refractivity contribution in [2.75, 3.05) is 20.1 Å². The van der Waals surface area contributed by atoms with Crippen molar-refractivity contribution in [3.05, 3.63) is 34.9 Å². The Kier molecular flexibility index (Phi) is 3.29. The van der Waals surface area contributed by atoms with Crippen LogP contribution in [0.5, 0.6) is 0 Å². The highest BCUT2D eigenvalue weighted by Crippen LogP contribution is 2.21. The van der Waals surface area contributed by atoms with Gasteiger partial charge in [-0.3, -0.25) is 0 Å². The summed E-state index contributed by atoms with van der Waals surface area (Å²) in [7, 11) is 2.05. The molecule has 1 fully saturated rings. The predicted molar refractivity (Wildman–Crippen MR) is 62.1 cm³/mol. The monoisotopic (exact) mass is 225 g/mol. The van der Waals surface area contributed by atoms with Gasteiger partial charge in [0.25, 0.3) is 0 Å². The van der Waals surface area contributed by atoms with Crippen molar-refractivity contribution in [3.8, 4) is 0 Å². The number of likely N-dealkylation sites (N-methyl/N-ethyl adjacent to an activating group) is 1. The largest absolute Gasteiger partial charge is 0.391 e. The van der Waals surface area contributed by atoms with Crippen molar-refractivity contribution in [2.45, 2.75) is 12.5 Å². The van der Waals surface area contributed by atoms with Gasteiger partial charge in [-0.15, -0.1) is 0 Å². The molecule has 0 bridgehead atoms. The molecule has 0 amide bonds. The van der Waals surface area contributed by atoms with Crippen molar-refractivity contribution in [1.29, 1.82) is 0 Å². The van der Waals surface area contributed by atoms with Crippen LogP contribution in [0.4, 0.5) is 0 Å². The number of rotatable bonds is 2. The maximum atomic E-state index is 9.81. The molecule has 1 aromatic carbocycles. The van der Waals surface area contributed by atoms with Crippen molar-refractivity contribution >= 4 is 11.6 Å². The van der Waals surface area contributed by atoms with Gasteiger partial charge in [0.1, 0.15) is 0 Å². The molecular formula is C12H16ClNO. The lowest BCUT2D eigenvalue weighted by Crippen LogP contribution is -2.19. The second kappa shape index (κ2) is 4.52. The van der Waals surface area contributed by atoms with Crippen LogP contribution in [0.1, 0.15) is 5.56 Å². The average Bonchev–Trinajstić information content (AvgIpc) is 2.49. The Morgan fingerprint density at radius 3 is 2.53 bits per heavy atom. The summed E-state index contributed by atoms with van der Waals surface area (Å²) in [5.41, 5.74) is 1.25. The van der Waals surface area contributed by atoms with Crippen LogP contribution in [0, 0.1) is 5.92 Å². The summed E-state index contributed by atoms with van der Waals surface area (Å²) in [6, 6.07) is 7.88. The van der Waals surface area contributed by atoms with E-state index in [0.29, 0.717) is 5.92 Å². The molecular weight excluding hydrogens is 210 g/mol. The van der Waals surface area contributed by atoms with Crippen LogP contribution in [-0.2, 0) is 6.42 Å². The summed E-state index contributed by atoms with van der Waals surface area (Å²) in [5, 5.41) is 10.6. The highest BCUT2D eigenvalue weighted by molar-refractivity contribution is 6.30. The Morgan fingerprint density at radius 1 is 1.33 bits per heavy atom. The summed E-state index contributed by atoms with van der Waals surface area (Å²) in [6.45, 7) is 1.77. The second-order valence-electron chi connectivity index (χ2n) is 4.38. The molecule has 2 atom stereocenters. The Bertz CT molecular complexity index is 325. The van der Waals surface area contributed by atoms with Crippen molar-refractivity contribution in [1.82, 2.24) is 4.90 Å². The first-order chi connectivity index (χ1) is 7.15. The number of β-amino-alcohol motifs (C(OH)–C–C–N with tert-alkyl or cyclic N) is 1. The molecule has 2 rings (SSSR count). The number of nitrogens with zero attached hydrogens (tertiary/aromatic N) is 1. The van der Waals surface area contributed by atoms with E-state index in [1.807, 2.05) is 31.3 Å². The fraction of sp³-hybridized carbons (Fsp3) is 0.500. The van der Waals surface area contributed by atoms with Gasteiger partial charge >= 0.3 is 0 Å². The van der Waals surface area contributed by atoms with Gasteiger partial charge in [-0.1, -0.05) is 23.7 Å². The second-order valence-corrected chi connectivity index (χ2v) is 4.82. The maximum absolute atomic E-state index is 9.81. The van der Waals surface area contributed by atoms with E-state index in [1.165, 1.54) is 5.56 Å². The number of likely N-dealkylation sites (tertiary alicyclic amines) is 1. The van der Waals surface area contributed by atoms with Crippen LogP contribution in [0.25, 0.3) is 0 Å². The quantitative estimate of drug-likeness (QED) is 0.830. The summed E-state index contributed by atoms with van der Waals surface area (Å²) in [5.74, 6) is 0.358. The molecule has 1 aliphatic rings. The molecule has 1 aromatic rings. The Morgan fingerprint density at radius 2 is 2.00 bits per heavy atom. The number of halogens is 1. The van der Waals surface area contributed by atoms with Crippen LogP contribution >= 0.6 is 11.6 Å². The van der Waals surface area contributed by atoms with Crippen molar-refractivity contribution in [3.63, 3.8) is 0 Å². The van der Waals surface area contributed by atoms with Gasteiger partial charge in [0.05, 0.1) is 6.10 Å². The smallest absolute Gasteiger partial charge is 0.0710 e. The number of benzene rings is 1. The lowest BCUT2D eigenvalue weighted by molar-refractivity contribution is 0.143. The lowest BCUT2D eigenvalue weighted by atomic mass is 9.97.